The van der Waals surface area contributed by atoms with Gasteiger partial charge in [0.2, 0.25) is 5.89 Å². The van der Waals surface area contributed by atoms with Crippen LogP contribution in [0.25, 0.3) is 22.6 Å². The van der Waals surface area contributed by atoms with Crippen molar-refractivity contribution in [3.05, 3.63) is 117 Å². The van der Waals surface area contributed by atoms with E-state index in [1.165, 1.54) is 13.0 Å². The van der Waals surface area contributed by atoms with Crippen molar-refractivity contribution in [1.29, 1.82) is 0 Å². The molecule has 2 amide bonds. The molecule has 0 saturated heterocycles. The Hall–Kier alpha value is -4.63. The number of benzene rings is 4. The second-order valence-corrected chi connectivity index (χ2v) is 9.56. The Morgan fingerprint density at radius 2 is 1.70 bits per heavy atom. The number of halogens is 4. The third-order valence-electron chi connectivity index (χ3n) is 6.26. The third kappa shape index (κ3) is 5.41. The molecule has 5 aromatic rings. The molecular formula is C30H21ClF3N3O3. The van der Waals surface area contributed by atoms with Gasteiger partial charge in [-0.05, 0) is 67.9 Å². The lowest BCUT2D eigenvalue weighted by Crippen LogP contribution is -2.25. The molecule has 0 aliphatic heterocycles. The van der Waals surface area contributed by atoms with E-state index >= 15 is 0 Å². The van der Waals surface area contributed by atoms with Crippen LogP contribution in [-0.4, -0.2) is 16.8 Å². The van der Waals surface area contributed by atoms with Crippen LogP contribution in [0.1, 0.15) is 37.4 Å². The number of amides is 2. The van der Waals surface area contributed by atoms with Crippen LogP contribution < -0.4 is 10.6 Å². The Balaban J connectivity index is 1.37. The summed E-state index contributed by atoms with van der Waals surface area (Å²) < 4.78 is 47.4. The number of anilines is 1. The molecule has 0 spiro atoms. The number of aryl methyl sites for hydroxylation is 1. The Morgan fingerprint density at radius 3 is 2.45 bits per heavy atom. The molecule has 0 aliphatic rings. The highest BCUT2D eigenvalue weighted by atomic mass is 35.5. The number of nitrogens with one attached hydrogen (secondary N) is 2. The van der Waals surface area contributed by atoms with Crippen molar-refractivity contribution in [2.75, 3.05) is 5.32 Å². The summed E-state index contributed by atoms with van der Waals surface area (Å²) in [6.45, 7) is 3.11. The fourth-order valence-corrected chi connectivity index (χ4v) is 4.36. The number of carbonyl (C=O) groups excluding carboxylic acids is 2. The van der Waals surface area contributed by atoms with Crippen LogP contribution in [0.3, 0.4) is 0 Å². The van der Waals surface area contributed by atoms with Gasteiger partial charge in [0.25, 0.3) is 11.8 Å². The lowest BCUT2D eigenvalue weighted by molar-refractivity contribution is 0.0946. The first-order valence-electron chi connectivity index (χ1n) is 12.1. The molecule has 0 aliphatic carbocycles. The lowest BCUT2D eigenvalue weighted by Gasteiger charge is -2.13. The molecule has 10 heteroatoms. The highest BCUT2D eigenvalue weighted by molar-refractivity contribution is 6.35. The summed E-state index contributed by atoms with van der Waals surface area (Å²) in [4.78, 5) is 30.4. The normalized spacial score (nSPS) is 11.1. The van der Waals surface area contributed by atoms with Gasteiger partial charge in [0, 0.05) is 23.4 Å². The number of fused-ring (bicyclic) bond motifs is 1. The maximum absolute atomic E-state index is 15.0. The second kappa shape index (κ2) is 10.9. The van der Waals surface area contributed by atoms with Crippen LogP contribution in [0, 0.1) is 31.3 Å². The molecule has 202 valence electrons. The molecule has 40 heavy (non-hydrogen) atoms. The molecule has 1 heterocycles. The van der Waals surface area contributed by atoms with Crippen molar-refractivity contribution in [3.63, 3.8) is 0 Å². The quantitative estimate of drug-likeness (QED) is 0.226. The maximum atomic E-state index is 15.0. The smallest absolute Gasteiger partial charge is 0.257 e. The number of aromatic nitrogens is 1. The van der Waals surface area contributed by atoms with Gasteiger partial charge in [0.1, 0.15) is 11.3 Å². The molecular weight excluding hydrogens is 543 g/mol. The first kappa shape index (κ1) is 27.0. The molecule has 0 fully saturated rings. The fraction of sp³-hybridized carbons (Fsp3) is 0.100. The predicted molar refractivity (Wildman–Crippen MR) is 146 cm³/mol. The van der Waals surface area contributed by atoms with E-state index < -0.39 is 34.8 Å². The molecule has 0 atom stereocenters. The topological polar surface area (TPSA) is 84.2 Å². The number of carbonyl (C=O) groups is 2. The van der Waals surface area contributed by atoms with Crippen molar-refractivity contribution >= 4 is 40.2 Å². The monoisotopic (exact) mass is 563 g/mol. The summed E-state index contributed by atoms with van der Waals surface area (Å²) in [5.74, 6) is -4.11. The summed E-state index contributed by atoms with van der Waals surface area (Å²) in [6, 6.07) is 16.8. The van der Waals surface area contributed by atoms with Gasteiger partial charge in [-0.2, -0.15) is 0 Å². The molecule has 1 aromatic heterocycles. The minimum absolute atomic E-state index is 0.0953. The Morgan fingerprint density at radius 1 is 0.900 bits per heavy atom. The van der Waals surface area contributed by atoms with Crippen molar-refractivity contribution in [2.24, 2.45) is 0 Å². The van der Waals surface area contributed by atoms with E-state index in [0.29, 0.717) is 22.7 Å². The molecule has 4 aromatic carbocycles. The molecule has 0 radical (unpaired) electrons. The predicted octanol–water partition coefficient (Wildman–Crippen LogP) is 7.36. The van der Waals surface area contributed by atoms with E-state index in [1.54, 1.807) is 18.2 Å². The van der Waals surface area contributed by atoms with E-state index in [-0.39, 0.29) is 28.3 Å². The van der Waals surface area contributed by atoms with E-state index in [2.05, 4.69) is 15.6 Å². The van der Waals surface area contributed by atoms with Gasteiger partial charge in [-0.15, -0.1) is 0 Å². The molecule has 0 unspecified atom stereocenters. The van der Waals surface area contributed by atoms with Gasteiger partial charge in [0.15, 0.2) is 17.2 Å². The SMILES string of the molecule is Cc1cccc(-c2nc3cc(NC(=O)c4cc(C(=O)NCc5ccc(F)c(F)c5)c(F)c(C)c4Cl)ccc3o2)c1. The largest absolute Gasteiger partial charge is 0.436 e. The second-order valence-electron chi connectivity index (χ2n) is 9.18. The number of oxazole rings is 1. The Labute approximate surface area is 231 Å². The highest BCUT2D eigenvalue weighted by Gasteiger charge is 2.23. The van der Waals surface area contributed by atoms with Crippen molar-refractivity contribution in [3.8, 4) is 11.5 Å². The highest BCUT2D eigenvalue weighted by Crippen LogP contribution is 2.29. The fourth-order valence-electron chi connectivity index (χ4n) is 4.13. The van der Waals surface area contributed by atoms with Crippen LogP contribution in [-0.2, 0) is 6.54 Å². The number of rotatable bonds is 6. The van der Waals surface area contributed by atoms with Gasteiger partial charge in [-0.1, -0.05) is 35.4 Å². The van der Waals surface area contributed by atoms with Crippen LogP contribution in [0.4, 0.5) is 18.9 Å². The van der Waals surface area contributed by atoms with Crippen LogP contribution >= 0.6 is 11.6 Å². The van der Waals surface area contributed by atoms with E-state index in [9.17, 15) is 22.8 Å². The van der Waals surface area contributed by atoms with E-state index in [4.69, 9.17) is 16.0 Å². The molecule has 5 rings (SSSR count). The summed E-state index contributed by atoms with van der Waals surface area (Å²) in [7, 11) is 0. The minimum Gasteiger partial charge on any atom is -0.436 e. The van der Waals surface area contributed by atoms with Gasteiger partial charge in [0.05, 0.1) is 16.1 Å². The minimum atomic E-state index is -1.07. The van der Waals surface area contributed by atoms with E-state index in [0.717, 1.165) is 29.3 Å². The zero-order valence-electron chi connectivity index (χ0n) is 21.2. The first-order chi connectivity index (χ1) is 19.1. The molecule has 6 nitrogen and oxygen atoms in total. The zero-order chi connectivity index (χ0) is 28.6. The van der Waals surface area contributed by atoms with Gasteiger partial charge in [-0.25, -0.2) is 18.2 Å². The maximum Gasteiger partial charge on any atom is 0.257 e. The van der Waals surface area contributed by atoms with Crippen molar-refractivity contribution < 1.29 is 27.2 Å². The number of hydrogen-bond acceptors (Lipinski definition) is 4. The molecule has 0 saturated carbocycles. The Kier molecular flexibility index (Phi) is 7.32. The van der Waals surface area contributed by atoms with Gasteiger partial charge >= 0.3 is 0 Å². The average molecular weight is 564 g/mol. The third-order valence-corrected chi connectivity index (χ3v) is 6.74. The Bertz CT molecular complexity index is 1800. The average Bonchev–Trinajstić information content (AvgIpc) is 3.36. The van der Waals surface area contributed by atoms with Crippen LogP contribution in [0.15, 0.2) is 71.1 Å². The summed E-state index contributed by atoms with van der Waals surface area (Å²) in [5, 5.41) is 4.98. The zero-order valence-corrected chi connectivity index (χ0v) is 22.0. The van der Waals surface area contributed by atoms with E-state index in [1.807, 2.05) is 31.2 Å². The summed E-state index contributed by atoms with van der Waals surface area (Å²) in [6.07, 6.45) is 0. The molecule has 0 bridgehead atoms. The van der Waals surface area contributed by atoms with Crippen molar-refractivity contribution in [1.82, 2.24) is 10.3 Å². The summed E-state index contributed by atoms with van der Waals surface area (Å²) in [5.41, 5.74) is 2.89. The number of hydrogen-bond donors (Lipinski definition) is 2. The standard InChI is InChI=1S/C30H21ClF3N3O3/c1-15-4-3-5-18(10-15)30-37-24-12-19(7-9-25(24)40-30)36-29(39)20-13-21(27(34)16(2)26(20)31)28(38)35-14-17-6-8-22(32)23(33)11-17/h3-13H,14H2,1-2H3,(H,35,38)(H,36,39). The van der Waals surface area contributed by atoms with Crippen LogP contribution in [0.2, 0.25) is 5.02 Å². The number of nitrogens with zero attached hydrogens (tertiary/aromatic N) is 1. The first-order valence-corrected chi connectivity index (χ1v) is 12.5. The summed E-state index contributed by atoms with van der Waals surface area (Å²) >= 11 is 6.28. The lowest BCUT2D eigenvalue weighted by atomic mass is 10.0. The molecule has 2 N–H and O–H groups in total. The van der Waals surface area contributed by atoms with Gasteiger partial charge < -0.3 is 15.1 Å². The van der Waals surface area contributed by atoms with Gasteiger partial charge in [-0.3, -0.25) is 9.59 Å². The van der Waals surface area contributed by atoms with Crippen LogP contribution in [0.5, 0.6) is 0 Å². The van der Waals surface area contributed by atoms with Crippen molar-refractivity contribution in [2.45, 2.75) is 20.4 Å².